The van der Waals surface area contributed by atoms with Crippen LogP contribution >= 0.6 is 24.2 Å². The highest BCUT2D eigenvalue weighted by Gasteiger charge is 2.14. The lowest BCUT2D eigenvalue weighted by Crippen LogP contribution is -1.97. The van der Waals surface area contributed by atoms with E-state index in [1.54, 1.807) is 24.3 Å². The molecule has 0 spiro atoms. The van der Waals surface area contributed by atoms with Gasteiger partial charge in [-0.05, 0) is 6.07 Å². The van der Waals surface area contributed by atoms with E-state index < -0.39 is 5.97 Å². The van der Waals surface area contributed by atoms with Gasteiger partial charge < -0.3 is 5.11 Å². The van der Waals surface area contributed by atoms with E-state index in [0.29, 0.717) is 10.9 Å². The highest BCUT2D eigenvalue weighted by Crippen LogP contribution is 2.18. The second-order valence-electron chi connectivity index (χ2n) is 2.53. The van der Waals surface area contributed by atoms with Crippen LogP contribution in [0.1, 0.15) is 10.5 Å². The first-order valence-corrected chi connectivity index (χ1v) is 3.91. The van der Waals surface area contributed by atoms with E-state index in [4.69, 9.17) is 16.9 Å². The van der Waals surface area contributed by atoms with E-state index in [-0.39, 0.29) is 18.1 Å². The van der Waals surface area contributed by atoms with Gasteiger partial charge in [0.1, 0.15) is 0 Å². The van der Waals surface area contributed by atoms with Crippen LogP contribution in [-0.4, -0.2) is 20.4 Å². The smallest absolute Gasteiger partial charge is 0.357 e. The Balaban J connectivity index is 0.000000980. The number of carboxylic acid groups (broad SMARTS) is 1. The highest BCUT2D eigenvalue weighted by atomic mass is 35.5. The number of hydrogen-bond donors (Lipinski definition) is 1. The van der Waals surface area contributed by atoms with E-state index in [0.717, 1.165) is 4.20 Å². The monoisotopic (exact) mass is 232 g/mol. The standard InChI is InChI=1S/C8H5ClN2O2.ClH/c9-11-6-4-2-1-3-5(6)7(10-11)8(12)13;/h1-4H,(H,12,13);1H. The number of carbonyl (C=O) groups is 1. The maximum Gasteiger partial charge on any atom is 0.357 e. The third-order valence-corrected chi connectivity index (χ3v) is 2.01. The molecule has 1 aromatic carbocycles. The Labute approximate surface area is 90.6 Å². The van der Waals surface area contributed by atoms with Crippen molar-refractivity contribution < 1.29 is 9.90 Å². The predicted molar refractivity (Wildman–Crippen MR) is 55.2 cm³/mol. The minimum absolute atomic E-state index is 0. The van der Waals surface area contributed by atoms with Crippen LogP contribution in [0.4, 0.5) is 0 Å². The number of halogens is 2. The largest absolute Gasteiger partial charge is 0.476 e. The Morgan fingerprint density at radius 2 is 2.07 bits per heavy atom. The van der Waals surface area contributed by atoms with Crippen molar-refractivity contribution in [3.63, 3.8) is 0 Å². The number of para-hydroxylation sites is 1. The van der Waals surface area contributed by atoms with Gasteiger partial charge in [0.15, 0.2) is 5.69 Å². The number of fused-ring (bicyclic) bond motifs is 1. The molecule has 0 unspecified atom stereocenters. The zero-order chi connectivity index (χ0) is 9.42. The maximum atomic E-state index is 10.7. The number of aromatic nitrogens is 2. The molecule has 0 saturated heterocycles. The number of carboxylic acids is 1. The van der Waals surface area contributed by atoms with Crippen molar-refractivity contribution in [1.29, 1.82) is 0 Å². The first-order chi connectivity index (χ1) is 6.20. The fourth-order valence-corrected chi connectivity index (χ4v) is 1.41. The molecule has 74 valence electrons. The van der Waals surface area contributed by atoms with Crippen LogP contribution in [0, 0.1) is 0 Å². The molecule has 0 amide bonds. The van der Waals surface area contributed by atoms with E-state index in [2.05, 4.69) is 5.10 Å². The van der Waals surface area contributed by atoms with E-state index in [1.165, 1.54) is 0 Å². The molecule has 2 aromatic rings. The quantitative estimate of drug-likeness (QED) is 0.820. The van der Waals surface area contributed by atoms with Gasteiger partial charge in [-0.15, -0.1) is 17.5 Å². The van der Waals surface area contributed by atoms with Crippen LogP contribution in [0.3, 0.4) is 0 Å². The molecule has 0 saturated carbocycles. The number of benzene rings is 1. The summed E-state index contributed by atoms with van der Waals surface area (Å²) in [5, 5.41) is 13.0. The van der Waals surface area contributed by atoms with E-state index in [9.17, 15) is 4.79 Å². The van der Waals surface area contributed by atoms with Gasteiger partial charge in [0, 0.05) is 17.2 Å². The molecule has 2 rings (SSSR count). The van der Waals surface area contributed by atoms with Crippen LogP contribution in [0.25, 0.3) is 10.9 Å². The number of nitrogens with zero attached hydrogens (tertiary/aromatic N) is 2. The first-order valence-electron chi connectivity index (χ1n) is 3.57. The van der Waals surface area contributed by atoms with Crippen LogP contribution in [0.2, 0.25) is 0 Å². The van der Waals surface area contributed by atoms with Crippen molar-refractivity contribution in [2.24, 2.45) is 0 Å². The second kappa shape index (κ2) is 3.86. The van der Waals surface area contributed by atoms with Gasteiger partial charge in [-0.1, -0.05) is 18.2 Å². The molecular formula is C8H6Cl2N2O2. The summed E-state index contributed by atoms with van der Waals surface area (Å²) in [5.74, 6) is -1.07. The molecule has 1 N–H and O–H groups in total. The van der Waals surface area contributed by atoms with Crippen molar-refractivity contribution in [2.75, 3.05) is 0 Å². The Morgan fingerprint density at radius 1 is 1.43 bits per heavy atom. The zero-order valence-electron chi connectivity index (χ0n) is 6.85. The number of rotatable bonds is 1. The Bertz CT molecular complexity index is 481. The van der Waals surface area contributed by atoms with Crippen LogP contribution in [0.15, 0.2) is 24.3 Å². The molecule has 0 aliphatic heterocycles. The zero-order valence-corrected chi connectivity index (χ0v) is 8.42. The minimum Gasteiger partial charge on any atom is -0.476 e. The average molecular weight is 233 g/mol. The van der Waals surface area contributed by atoms with Crippen LogP contribution in [-0.2, 0) is 0 Å². The minimum atomic E-state index is -1.07. The van der Waals surface area contributed by atoms with Crippen molar-refractivity contribution in [2.45, 2.75) is 0 Å². The molecule has 0 radical (unpaired) electrons. The van der Waals surface area contributed by atoms with Crippen LogP contribution in [0.5, 0.6) is 0 Å². The molecule has 0 aliphatic carbocycles. The number of aromatic carboxylic acids is 1. The van der Waals surface area contributed by atoms with E-state index >= 15 is 0 Å². The average Bonchev–Trinajstić information content (AvgIpc) is 2.45. The van der Waals surface area contributed by atoms with Gasteiger partial charge in [0.2, 0.25) is 0 Å². The fourth-order valence-electron chi connectivity index (χ4n) is 1.19. The first kappa shape index (κ1) is 10.8. The molecule has 6 heteroatoms. The van der Waals surface area contributed by atoms with Crippen molar-refractivity contribution in [1.82, 2.24) is 9.30 Å². The summed E-state index contributed by atoms with van der Waals surface area (Å²) in [6.07, 6.45) is 0. The lowest BCUT2D eigenvalue weighted by molar-refractivity contribution is 0.0692. The van der Waals surface area contributed by atoms with Crippen molar-refractivity contribution in [3.8, 4) is 0 Å². The summed E-state index contributed by atoms with van der Waals surface area (Å²) < 4.78 is 1.04. The normalized spacial score (nSPS) is 9.79. The lowest BCUT2D eigenvalue weighted by Gasteiger charge is -1.88. The van der Waals surface area contributed by atoms with Gasteiger partial charge in [0.25, 0.3) is 0 Å². The molecular weight excluding hydrogens is 227 g/mol. The number of hydrogen-bond acceptors (Lipinski definition) is 2. The van der Waals surface area contributed by atoms with Gasteiger partial charge in [0.05, 0.1) is 5.52 Å². The third-order valence-electron chi connectivity index (χ3n) is 1.75. The van der Waals surface area contributed by atoms with Gasteiger partial charge in [-0.2, -0.15) is 4.20 Å². The maximum absolute atomic E-state index is 10.7. The topological polar surface area (TPSA) is 55.1 Å². The van der Waals surface area contributed by atoms with Crippen LogP contribution < -0.4 is 0 Å². The molecule has 14 heavy (non-hydrogen) atoms. The summed E-state index contributed by atoms with van der Waals surface area (Å²) in [6, 6.07) is 6.90. The van der Waals surface area contributed by atoms with Gasteiger partial charge in [-0.3, -0.25) is 0 Å². The molecule has 1 heterocycles. The molecule has 0 fully saturated rings. The Hall–Kier alpha value is -1.26. The molecule has 0 aliphatic rings. The summed E-state index contributed by atoms with van der Waals surface area (Å²) in [4.78, 5) is 10.7. The SMILES string of the molecule is Cl.O=C(O)c1nn(Cl)c2ccccc12. The molecule has 4 nitrogen and oxygen atoms in total. The second-order valence-corrected chi connectivity index (χ2v) is 2.85. The third kappa shape index (κ3) is 1.54. The Morgan fingerprint density at radius 3 is 2.71 bits per heavy atom. The predicted octanol–water partition coefficient (Wildman–Crippen LogP) is 2.16. The van der Waals surface area contributed by atoms with Gasteiger partial charge in [-0.25, -0.2) is 4.79 Å². The fraction of sp³-hybridized carbons (Fsp3) is 0. The lowest BCUT2D eigenvalue weighted by atomic mass is 10.2. The molecule has 1 aromatic heterocycles. The summed E-state index contributed by atoms with van der Waals surface area (Å²) in [6.45, 7) is 0. The van der Waals surface area contributed by atoms with E-state index in [1.807, 2.05) is 0 Å². The summed E-state index contributed by atoms with van der Waals surface area (Å²) in [7, 11) is 0. The Kier molecular flexibility index (Phi) is 2.98. The summed E-state index contributed by atoms with van der Waals surface area (Å²) in [5.41, 5.74) is 0.576. The van der Waals surface area contributed by atoms with Crippen molar-refractivity contribution in [3.05, 3.63) is 30.0 Å². The highest BCUT2D eigenvalue weighted by molar-refractivity contribution is 6.19. The summed E-state index contributed by atoms with van der Waals surface area (Å²) >= 11 is 5.66. The molecule has 0 bridgehead atoms. The van der Waals surface area contributed by atoms with Crippen molar-refractivity contribution >= 4 is 41.1 Å². The van der Waals surface area contributed by atoms with Gasteiger partial charge >= 0.3 is 5.97 Å². The molecule has 0 atom stereocenters.